The summed E-state index contributed by atoms with van der Waals surface area (Å²) >= 11 is 0. The molecule has 1 aromatic rings. The Bertz CT molecular complexity index is 407. The van der Waals surface area contributed by atoms with E-state index in [1.54, 1.807) is 0 Å². The lowest BCUT2D eigenvalue weighted by atomic mass is 10.2. The highest BCUT2D eigenvalue weighted by Crippen LogP contribution is 2.23. The van der Waals surface area contributed by atoms with Crippen LogP contribution in [-0.2, 0) is 17.6 Å². The van der Waals surface area contributed by atoms with E-state index in [1.165, 1.54) is 0 Å². The Labute approximate surface area is 93.8 Å². The van der Waals surface area contributed by atoms with E-state index in [-0.39, 0.29) is 5.91 Å². The average Bonchev–Trinajstić information content (AvgIpc) is 2.91. The molecule has 0 unspecified atom stereocenters. The molecule has 5 nitrogen and oxygen atoms in total. The molecule has 2 aliphatic rings. The molecule has 2 heterocycles. The first-order valence-corrected chi connectivity index (χ1v) is 5.79. The van der Waals surface area contributed by atoms with Gasteiger partial charge in [0.2, 0.25) is 0 Å². The summed E-state index contributed by atoms with van der Waals surface area (Å²) in [6.07, 6.45) is 3.14. The van der Waals surface area contributed by atoms with Gasteiger partial charge in [0.25, 0.3) is 5.91 Å². The summed E-state index contributed by atoms with van der Waals surface area (Å²) in [6, 6.07) is 0. The van der Waals surface area contributed by atoms with E-state index >= 15 is 0 Å². The Balaban J connectivity index is 1.83. The van der Waals surface area contributed by atoms with Crippen molar-refractivity contribution in [3.8, 4) is 0 Å². The molecule has 5 heteroatoms. The van der Waals surface area contributed by atoms with E-state index < -0.39 is 0 Å². The third kappa shape index (κ3) is 1.51. The van der Waals surface area contributed by atoms with Gasteiger partial charge in [0, 0.05) is 24.3 Å². The molecule has 1 aliphatic heterocycles. The Morgan fingerprint density at radius 1 is 1.31 bits per heavy atom. The Morgan fingerprint density at radius 2 is 2.12 bits per heavy atom. The number of morpholine rings is 1. The van der Waals surface area contributed by atoms with Crippen LogP contribution in [0, 0.1) is 0 Å². The predicted molar refractivity (Wildman–Crippen MR) is 57.3 cm³/mol. The molecule has 0 aromatic carbocycles. The molecular formula is C11H15N3O2. The minimum atomic E-state index is 0.0581. The number of amides is 1. The van der Waals surface area contributed by atoms with E-state index in [4.69, 9.17) is 4.74 Å². The molecule has 0 radical (unpaired) electrons. The van der Waals surface area contributed by atoms with Crippen LogP contribution in [0.2, 0.25) is 0 Å². The number of hydrogen-bond acceptors (Lipinski definition) is 3. The second-order valence-corrected chi connectivity index (χ2v) is 4.29. The standard InChI is InChI=1S/C11H15N3O2/c15-11(14-4-6-16-7-5-14)10-8-2-1-3-9(8)12-13-10/h1-7H2,(H,12,13). The van der Waals surface area contributed by atoms with Gasteiger partial charge in [-0.1, -0.05) is 0 Å². The lowest BCUT2D eigenvalue weighted by Crippen LogP contribution is -2.41. The number of hydrogen-bond donors (Lipinski definition) is 1. The van der Waals surface area contributed by atoms with E-state index in [2.05, 4.69) is 10.2 Å². The molecule has 1 fully saturated rings. The number of aryl methyl sites for hydroxylation is 1. The van der Waals surface area contributed by atoms with Crippen LogP contribution in [0.15, 0.2) is 0 Å². The molecule has 1 aliphatic carbocycles. The number of aromatic amines is 1. The number of fused-ring (bicyclic) bond motifs is 1. The monoisotopic (exact) mass is 221 g/mol. The topological polar surface area (TPSA) is 58.2 Å². The quantitative estimate of drug-likeness (QED) is 0.745. The summed E-state index contributed by atoms with van der Waals surface area (Å²) in [5, 5.41) is 7.13. The van der Waals surface area contributed by atoms with Crippen LogP contribution < -0.4 is 0 Å². The fourth-order valence-corrected chi connectivity index (χ4v) is 2.41. The highest BCUT2D eigenvalue weighted by atomic mass is 16.5. The van der Waals surface area contributed by atoms with Crippen LogP contribution in [0.5, 0.6) is 0 Å². The predicted octanol–water partition coefficient (Wildman–Crippen LogP) is 0.371. The van der Waals surface area contributed by atoms with Gasteiger partial charge in [0.05, 0.1) is 13.2 Å². The first-order chi connectivity index (χ1) is 7.86. The summed E-state index contributed by atoms with van der Waals surface area (Å²) in [5.41, 5.74) is 2.92. The SMILES string of the molecule is O=C(c1n[nH]c2c1CCC2)N1CCOCC1. The van der Waals surface area contributed by atoms with Crippen molar-refractivity contribution < 1.29 is 9.53 Å². The Kier molecular flexibility index (Phi) is 2.40. The number of carbonyl (C=O) groups excluding carboxylic acids is 1. The maximum absolute atomic E-state index is 12.2. The molecule has 1 amide bonds. The van der Waals surface area contributed by atoms with Crippen molar-refractivity contribution in [1.29, 1.82) is 0 Å². The van der Waals surface area contributed by atoms with Crippen molar-refractivity contribution >= 4 is 5.91 Å². The van der Waals surface area contributed by atoms with Gasteiger partial charge in [-0.3, -0.25) is 9.89 Å². The van der Waals surface area contributed by atoms with Crippen molar-refractivity contribution in [2.24, 2.45) is 0 Å². The molecule has 0 bridgehead atoms. The summed E-state index contributed by atoms with van der Waals surface area (Å²) < 4.78 is 5.24. The highest BCUT2D eigenvalue weighted by molar-refractivity contribution is 5.94. The molecule has 0 spiro atoms. The average molecular weight is 221 g/mol. The van der Waals surface area contributed by atoms with Gasteiger partial charge < -0.3 is 9.64 Å². The molecule has 1 N–H and O–H groups in total. The van der Waals surface area contributed by atoms with Crippen LogP contribution >= 0.6 is 0 Å². The second kappa shape index (κ2) is 3.90. The summed E-state index contributed by atoms with van der Waals surface area (Å²) in [5.74, 6) is 0.0581. The van der Waals surface area contributed by atoms with Crippen molar-refractivity contribution in [2.45, 2.75) is 19.3 Å². The van der Waals surface area contributed by atoms with E-state index in [9.17, 15) is 4.79 Å². The zero-order chi connectivity index (χ0) is 11.0. The molecule has 3 rings (SSSR count). The zero-order valence-corrected chi connectivity index (χ0v) is 9.16. The fraction of sp³-hybridized carbons (Fsp3) is 0.636. The van der Waals surface area contributed by atoms with E-state index in [1.807, 2.05) is 4.90 Å². The maximum atomic E-state index is 12.2. The number of rotatable bonds is 1. The summed E-state index contributed by atoms with van der Waals surface area (Å²) in [4.78, 5) is 14.0. The lowest BCUT2D eigenvalue weighted by molar-refractivity contribution is 0.0298. The van der Waals surface area contributed by atoms with Gasteiger partial charge in [-0.25, -0.2) is 0 Å². The van der Waals surface area contributed by atoms with Crippen molar-refractivity contribution in [3.05, 3.63) is 17.0 Å². The highest BCUT2D eigenvalue weighted by Gasteiger charge is 2.27. The lowest BCUT2D eigenvalue weighted by Gasteiger charge is -2.26. The van der Waals surface area contributed by atoms with Crippen molar-refractivity contribution in [2.75, 3.05) is 26.3 Å². The first-order valence-electron chi connectivity index (χ1n) is 5.79. The molecule has 86 valence electrons. The van der Waals surface area contributed by atoms with Gasteiger partial charge in [-0.15, -0.1) is 0 Å². The normalized spacial score (nSPS) is 19.9. The van der Waals surface area contributed by atoms with Crippen LogP contribution in [0.25, 0.3) is 0 Å². The Hall–Kier alpha value is -1.36. The number of nitrogens with zero attached hydrogens (tertiary/aromatic N) is 2. The minimum Gasteiger partial charge on any atom is -0.378 e. The smallest absolute Gasteiger partial charge is 0.274 e. The van der Waals surface area contributed by atoms with Crippen LogP contribution in [0.3, 0.4) is 0 Å². The molecule has 1 saturated heterocycles. The van der Waals surface area contributed by atoms with Crippen LogP contribution in [-0.4, -0.2) is 47.3 Å². The van der Waals surface area contributed by atoms with Crippen LogP contribution in [0.1, 0.15) is 28.2 Å². The third-order valence-electron chi connectivity index (χ3n) is 3.31. The summed E-state index contributed by atoms with van der Waals surface area (Å²) in [7, 11) is 0. The number of nitrogens with one attached hydrogen (secondary N) is 1. The summed E-state index contributed by atoms with van der Waals surface area (Å²) in [6.45, 7) is 2.64. The number of ether oxygens (including phenoxy) is 1. The molecule has 0 atom stereocenters. The molecule has 16 heavy (non-hydrogen) atoms. The van der Waals surface area contributed by atoms with Gasteiger partial charge in [0.15, 0.2) is 5.69 Å². The maximum Gasteiger partial charge on any atom is 0.274 e. The second-order valence-electron chi connectivity index (χ2n) is 4.29. The minimum absolute atomic E-state index is 0.0581. The van der Waals surface area contributed by atoms with Gasteiger partial charge in [0.1, 0.15) is 0 Å². The van der Waals surface area contributed by atoms with Crippen LogP contribution in [0.4, 0.5) is 0 Å². The number of aromatic nitrogens is 2. The van der Waals surface area contributed by atoms with Crippen molar-refractivity contribution in [1.82, 2.24) is 15.1 Å². The van der Waals surface area contributed by atoms with Crippen molar-refractivity contribution in [3.63, 3.8) is 0 Å². The molecular weight excluding hydrogens is 206 g/mol. The number of carbonyl (C=O) groups is 1. The van der Waals surface area contributed by atoms with E-state index in [0.29, 0.717) is 32.0 Å². The first kappa shape index (κ1) is 9.84. The number of H-pyrrole nitrogens is 1. The zero-order valence-electron chi connectivity index (χ0n) is 9.16. The van der Waals surface area contributed by atoms with Gasteiger partial charge in [-0.2, -0.15) is 5.10 Å². The third-order valence-corrected chi connectivity index (χ3v) is 3.31. The van der Waals surface area contributed by atoms with E-state index in [0.717, 1.165) is 30.5 Å². The van der Waals surface area contributed by atoms with Gasteiger partial charge >= 0.3 is 0 Å². The van der Waals surface area contributed by atoms with Gasteiger partial charge in [-0.05, 0) is 19.3 Å². The molecule has 1 aromatic heterocycles. The molecule has 0 saturated carbocycles. The fourth-order valence-electron chi connectivity index (χ4n) is 2.41. The largest absolute Gasteiger partial charge is 0.378 e. The Morgan fingerprint density at radius 3 is 2.94 bits per heavy atom.